The van der Waals surface area contributed by atoms with Gasteiger partial charge >= 0.3 is 0 Å². The number of nitrogen functional groups attached to an aromatic ring is 1. The van der Waals surface area contributed by atoms with E-state index in [0.717, 1.165) is 5.56 Å². The van der Waals surface area contributed by atoms with Crippen molar-refractivity contribution in [3.8, 4) is 0 Å². The normalized spacial score (nSPS) is 10.3. The predicted octanol–water partition coefficient (Wildman–Crippen LogP) is 3.32. The van der Waals surface area contributed by atoms with Crippen LogP contribution >= 0.6 is 11.6 Å². The maximum absolute atomic E-state index is 12.2. The molecule has 2 rings (SSSR count). The van der Waals surface area contributed by atoms with Gasteiger partial charge < -0.3 is 15.8 Å². The van der Waals surface area contributed by atoms with Gasteiger partial charge in [-0.15, -0.1) is 0 Å². The third-order valence-corrected chi connectivity index (χ3v) is 3.16. The molecule has 0 spiro atoms. The third-order valence-electron chi connectivity index (χ3n) is 2.83. The number of ether oxygens (including phenoxy) is 1. The smallest absolute Gasteiger partial charge is 0.255 e. The van der Waals surface area contributed by atoms with Crippen molar-refractivity contribution in [2.24, 2.45) is 0 Å². The Bertz CT molecular complexity index is 629. The Morgan fingerprint density at radius 3 is 2.75 bits per heavy atom. The Morgan fingerprint density at radius 2 is 2.05 bits per heavy atom. The summed E-state index contributed by atoms with van der Waals surface area (Å²) in [6, 6.07) is 12.3. The molecule has 0 aliphatic heterocycles. The molecule has 0 heterocycles. The predicted molar refractivity (Wildman–Crippen MR) is 81.0 cm³/mol. The number of hydrogen-bond donors (Lipinski definition) is 2. The number of amides is 1. The Balaban J connectivity index is 2.21. The zero-order valence-electron chi connectivity index (χ0n) is 11.0. The van der Waals surface area contributed by atoms with Gasteiger partial charge in [0.25, 0.3) is 5.91 Å². The van der Waals surface area contributed by atoms with Gasteiger partial charge in [0.2, 0.25) is 0 Å². The van der Waals surface area contributed by atoms with Crippen molar-refractivity contribution < 1.29 is 9.53 Å². The minimum atomic E-state index is -0.240. The number of nitrogens with two attached hydrogens (primary N) is 1. The molecule has 104 valence electrons. The summed E-state index contributed by atoms with van der Waals surface area (Å²) in [6.07, 6.45) is 0. The Kier molecular flexibility index (Phi) is 4.61. The number of methoxy groups -OCH3 is 1. The van der Waals surface area contributed by atoms with E-state index in [1.165, 1.54) is 0 Å². The van der Waals surface area contributed by atoms with Gasteiger partial charge in [-0.1, -0.05) is 29.8 Å². The van der Waals surface area contributed by atoms with Gasteiger partial charge in [0.1, 0.15) is 0 Å². The summed E-state index contributed by atoms with van der Waals surface area (Å²) < 4.78 is 5.10. The molecule has 4 nitrogen and oxygen atoms in total. The molecule has 0 aliphatic carbocycles. The standard InChI is InChI=1S/C15H15ClN2O2/c1-20-9-11-4-2-3-5-14(11)18-15(19)10-6-7-13(17)12(16)8-10/h2-8H,9,17H2,1H3,(H,18,19). The zero-order valence-corrected chi connectivity index (χ0v) is 11.8. The number of halogens is 1. The molecular formula is C15H15ClN2O2. The first-order valence-corrected chi connectivity index (χ1v) is 6.43. The van der Waals surface area contributed by atoms with Gasteiger partial charge in [0.15, 0.2) is 0 Å². The summed E-state index contributed by atoms with van der Waals surface area (Å²) >= 11 is 5.92. The number of para-hydroxylation sites is 1. The van der Waals surface area contributed by atoms with Crippen LogP contribution in [0.5, 0.6) is 0 Å². The molecule has 20 heavy (non-hydrogen) atoms. The summed E-state index contributed by atoms with van der Waals surface area (Å²) in [5.41, 5.74) is 8.15. The third kappa shape index (κ3) is 3.29. The Morgan fingerprint density at radius 1 is 1.30 bits per heavy atom. The fraction of sp³-hybridized carbons (Fsp3) is 0.133. The van der Waals surface area contributed by atoms with Crippen molar-refractivity contribution >= 4 is 28.9 Å². The molecule has 1 amide bonds. The van der Waals surface area contributed by atoms with Crippen LogP contribution in [0.15, 0.2) is 42.5 Å². The van der Waals surface area contributed by atoms with E-state index in [2.05, 4.69) is 5.32 Å². The Hall–Kier alpha value is -2.04. The van der Waals surface area contributed by atoms with Gasteiger partial charge in [-0.05, 0) is 24.3 Å². The van der Waals surface area contributed by atoms with E-state index in [-0.39, 0.29) is 5.91 Å². The van der Waals surface area contributed by atoms with E-state index in [0.29, 0.717) is 28.6 Å². The van der Waals surface area contributed by atoms with E-state index in [1.807, 2.05) is 24.3 Å². The molecule has 2 aromatic carbocycles. The molecule has 0 saturated heterocycles. The highest BCUT2D eigenvalue weighted by molar-refractivity contribution is 6.33. The van der Waals surface area contributed by atoms with Crippen LogP contribution in [-0.4, -0.2) is 13.0 Å². The Labute approximate surface area is 122 Å². The molecular weight excluding hydrogens is 276 g/mol. The summed E-state index contributed by atoms with van der Waals surface area (Å²) in [5.74, 6) is -0.240. The fourth-order valence-electron chi connectivity index (χ4n) is 1.79. The summed E-state index contributed by atoms with van der Waals surface area (Å²) in [5, 5.41) is 3.20. The first-order valence-electron chi connectivity index (χ1n) is 6.05. The van der Waals surface area contributed by atoms with Crippen molar-refractivity contribution in [2.45, 2.75) is 6.61 Å². The highest BCUT2D eigenvalue weighted by atomic mass is 35.5. The van der Waals surface area contributed by atoms with Crippen LogP contribution in [0.4, 0.5) is 11.4 Å². The first-order chi connectivity index (χ1) is 9.61. The van der Waals surface area contributed by atoms with Crippen LogP contribution in [0, 0.1) is 0 Å². The van der Waals surface area contributed by atoms with Crippen molar-refractivity contribution in [1.29, 1.82) is 0 Å². The highest BCUT2D eigenvalue weighted by Crippen LogP contribution is 2.21. The van der Waals surface area contributed by atoms with Gasteiger partial charge in [0, 0.05) is 23.9 Å². The van der Waals surface area contributed by atoms with Crippen LogP contribution in [0.1, 0.15) is 15.9 Å². The second-order valence-electron chi connectivity index (χ2n) is 4.28. The molecule has 0 aliphatic rings. The average Bonchev–Trinajstić information content (AvgIpc) is 2.44. The number of benzene rings is 2. The van der Waals surface area contributed by atoms with Crippen LogP contribution in [0.2, 0.25) is 5.02 Å². The number of hydrogen-bond acceptors (Lipinski definition) is 3. The summed E-state index contributed by atoms with van der Waals surface area (Å²) in [7, 11) is 1.61. The lowest BCUT2D eigenvalue weighted by Gasteiger charge is -2.11. The number of carbonyl (C=O) groups excluding carboxylic acids is 1. The summed E-state index contributed by atoms with van der Waals surface area (Å²) in [4.78, 5) is 12.2. The van der Waals surface area contributed by atoms with Gasteiger partial charge in [-0.2, -0.15) is 0 Å². The molecule has 5 heteroatoms. The summed E-state index contributed by atoms with van der Waals surface area (Å²) in [6.45, 7) is 0.430. The van der Waals surface area contributed by atoms with E-state index in [4.69, 9.17) is 22.1 Å². The number of anilines is 2. The molecule has 0 unspecified atom stereocenters. The van der Waals surface area contributed by atoms with Crippen LogP contribution < -0.4 is 11.1 Å². The SMILES string of the molecule is COCc1ccccc1NC(=O)c1ccc(N)c(Cl)c1. The first kappa shape index (κ1) is 14.4. The molecule has 0 fully saturated rings. The number of rotatable bonds is 4. The van der Waals surface area contributed by atoms with E-state index in [9.17, 15) is 4.79 Å². The second kappa shape index (κ2) is 6.41. The molecule has 3 N–H and O–H groups in total. The van der Waals surface area contributed by atoms with Crippen LogP contribution in [0.3, 0.4) is 0 Å². The molecule has 2 aromatic rings. The average molecular weight is 291 g/mol. The topological polar surface area (TPSA) is 64.3 Å². The minimum Gasteiger partial charge on any atom is -0.398 e. The fourth-order valence-corrected chi connectivity index (χ4v) is 1.97. The van der Waals surface area contributed by atoms with Crippen molar-refractivity contribution in [1.82, 2.24) is 0 Å². The lowest BCUT2D eigenvalue weighted by atomic mass is 10.1. The minimum absolute atomic E-state index is 0.240. The molecule has 0 atom stereocenters. The van der Waals surface area contributed by atoms with E-state index in [1.54, 1.807) is 25.3 Å². The van der Waals surface area contributed by atoms with Gasteiger partial charge in [-0.3, -0.25) is 4.79 Å². The van der Waals surface area contributed by atoms with E-state index >= 15 is 0 Å². The molecule has 0 aromatic heterocycles. The van der Waals surface area contributed by atoms with Crippen molar-refractivity contribution in [3.05, 3.63) is 58.6 Å². The largest absolute Gasteiger partial charge is 0.398 e. The lowest BCUT2D eigenvalue weighted by molar-refractivity contribution is 0.102. The maximum atomic E-state index is 12.2. The number of carbonyl (C=O) groups is 1. The molecule has 0 radical (unpaired) electrons. The van der Waals surface area contributed by atoms with Gasteiger partial charge in [0.05, 0.1) is 17.3 Å². The van der Waals surface area contributed by atoms with Crippen molar-refractivity contribution in [3.63, 3.8) is 0 Å². The number of nitrogens with one attached hydrogen (secondary N) is 1. The maximum Gasteiger partial charge on any atom is 0.255 e. The monoisotopic (exact) mass is 290 g/mol. The van der Waals surface area contributed by atoms with Gasteiger partial charge in [-0.25, -0.2) is 0 Å². The molecule has 0 saturated carbocycles. The van der Waals surface area contributed by atoms with E-state index < -0.39 is 0 Å². The van der Waals surface area contributed by atoms with Crippen LogP contribution in [-0.2, 0) is 11.3 Å². The second-order valence-corrected chi connectivity index (χ2v) is 4.69. The quantitative estimate of drug-likeness (QED) is 0.849. The highest BCUT2D eigenvalue weighted by Gasteiger charge is 2.10. The molecule has 0 bridgehead atoms. The van der Waals surface area contributed by atoms with Crippen molar-refractivity contribution in [2.75, 3.05) is 18.2 Å². The lowest BCUT2D eigenvalue weighted by Crippen LogP contribution is -2.13. The van der Waals surface area contributed by atoms with Crippen LogP contribution in [0.25, 0.3) is 0 Å². The zero-order chi connectivity index (χ0) is 14.5.